The first-order chi connectivity index (χ1) is 14.9. The van der Waals surface area contributed by atoms with E-state index in [1.165, 1.54) is 5.56 Å². The van der Waals surface area contributed by atoms with Crippen molar-refractivity contribution < 1.29 is 14.7 Å². The summed E-state index contributed by atoms with van der Waals surface area (Å²) >= 11 is 0. The molecule has 1 N–H and O–H groups in total. The Balaban J connectivity index is 1.63. The fourth-order valence-electron chi connectivity index (χ4n) is 4.27. The molecule has 4 heteroatoms. The van der Waals surface area contributed by atoms with Gasteiger partial charge < -0.3 is 10.0 Å². The van der Waals surface area contributed by atoms with Crippen LogP contribution in [0.25, 0.3) is 0 Å². The third-order valence-corrected chi connectivity index (χ3v) is 6.06. The van der Waals surface area contributed by atoms with Gasteiger partial charge in [-0.3, -0.25) is 9.59 Å². The number of anilines is 1. The van der Waals surface area contributed by atoms with Crippen LogP contribution in [0.4, 0.5) is 5.69 Å². The molecule has 31 heavy (non-hydrogen) atoms. The first-order valence-corrected chi connectivity index (χ1v) is 10.7. The summed E-state index contributed by atoms with van der Waals surface area (Å²) in [5, 5.41) is 11.5. The fraction of sp³-hybridized carbons (Fsp3) is 0.259. The van der Waals surface area contributed by atoms with E-state index in [4.69, 9.17) is 0 Å². The van der Waals surface area contributed by atoms with E-state index >= 15 is 0 Å². The summed E-state index contributed by atoms with van der Waals surface area (Å²) in [6.07, 6.45) is 1.72. The first-order valence-electron chi connectivity index (χ1n) is 10.7. The minimum Gasteiger partial charge on any atom is -0.375 e. The number of aliphatic hydroxyl groups is 1. The van der Waals surface area contributed by atoms with Crippen LogP contribution in [0.1, 0.15) is 52.4 Å². The number of aryl methyl sites for hydroxylation is 2. The Labute approximate surface area is 183 Å². The number of benzene rings is 3. The highest BCUT2D eigenvalue weighted by atomic mass is 16.3. The predicted molar refractivity (Wildman–Crippen MR) is 122 cm³/mol. The molecule has 4 rings (SSSR count). The number of para-hydroxylation sites is 1. The van der Waals surface area contributed by atoms with Crippen LogP contribution >= 0.6 is 0 Å². The summed E-state index contributed by atoms with van der Waals surface area (Å²) in [6, 6.07) is 22.5. The smallest absolute Gasteiger partial charge is 0.264 e. The second-order valence-corrected chi connectivity index (χ2v) is 8.24. The van der Waals surface area contributed by atoms with Gasteiger partial charge in [-0.05, 0) is 36.1 Å². The highest BCUT2D eigenvalue weighted by Gasteiger charge is 2.50. The van der Waals surface area contributed by atoms with Crippen molar-refractivity contribution in [3.8, 4) is 0 Å². The number of amides is 1. The molecule has 1 amide bonds. The van der Waals surface area contributed by atoms with Crippen LogP contribution in [-0.4, -0.2) is 16.8 Å². The Hall–Kier alpha value is -3.24. The standard InChI is InChI=1S/C27H27NO3/c1-3-8-20-13-15-21(16-14-20)25(29)17-27(31)23-11-6-7-12-24(23)28(26(27)30)18-22-10-5-4-9-19(22)2/h4-7,9-16,31H,3,8,17-18H2,1-2H3/t27-/m1/s1. The lowest BCUT2D eigenvalue weighted by Gasteiger charge is -2.23. The van der Waals surface area contributed by atoms with Gasteiger partial charge in [-0.15, -0.1) is 0 Å². The second-order valence-electron chi connectivity index (χ2n) is 8.24. The van der Waals surface area contributed by atoms with Crippen LogP contribution in [0.3, 0.4) is 0 Å². The number of hydrogen-bond donors (Lipinski definition) is 1. The van der Waals surface area contributed by atoms with E-state index in [1.807, 2.05) is 55.5 Å². The quantitative estimate of drug-likeness (QED) is 0.557. The summed E-state index contributed by atoms with van der Waals surface area (Å²) in [4.78, 5) is 28.0. The molecule has 1 aliphatic heterocycles. The van der Waals surface area contributed by atoms with Gasteiger partial charge in [0, 0.05) is 11.1 Å². The Morgan fingerprint density at radius 2 is 1.65 bits per heavy atom. The fourth-order valence-corrected chi connectivity index (χ4v) is 4.27. The van der Waals surface area contributed by atoms with Crippen LogP contribution in [0, 0.1) is 6.92 Å². The van der Waals surface area contributed by atoms with Crippen LogP contribution < -0.4 is 4.90 Å². The molecule has 158 valence electrons. The largest absolute Gasteiger partial charge is 0.375 e. The van der Waals surface area contributed by atoms with Gasteiger partial charge >= 0.3 is 0 Å². The Morgan fingerprint density at radius 3 is 2.35 bits per heavy atom. The minimum atomic E-state index is -1.86. The number of fused-ring (bicyclic) bond motifs is 1. The summed E-state index contributed by atoms with van der Waals surface area (Å²) in [5.41, 5.74) is 3.05. The van der Waals surface area contributed by atoms with E-state index in [9.17, 15) is 14.7 Å². The number of carbonyl (C=O) groups is 2. The normalized spacial score (nSPS) is 17.6. The molecule has 0 aliphatic carbocycles. The number of rotatable bonds is 7. The lowest BCUT2D eigenvalue weighted by Crippen LogP contribution is -2.41. The monoisotopic (exact) mass is 413 g/mol. The lowest BCUT2D eigenvalue weighted by atomic mass is 9.88. The van der Waals surface area contributed by atoms with E-state index in [-0.39, 0.29) is 12.2 Å². The van der Waals surface area contributed by atoms with Gasteiger partial charge in [0.2, 0.25) is 0 Å². The Bertz CT molecular complexity index is 1120. The maximum Gasteiger partial charge on any atom is 0.264 e. The molecule has 1 atom stereocenters. The molecule has 0 fully saturated rings. The molecular formula is C27H27NO3. The van der Waals surface area contributed by atoms with Crippen LogP contribution in [-0.2, 0) is 23.4 Å². The van der Waals surface area contributed by atoms with Crippen molar-refractivity contribution in [2.45, 2.75) is 45.3 Å². The zero-order chi connectivity index (χ0) is 22.0. The number of carbonyl (C=O) groups excluding carboxylic acids is 2. The molecule has 3 aromatic rings. The molecule has 1 aliphatic rings. The first kappa shape index (κ1) is 21.0. The maximum atomic E-state index is 13.4. The van der Waals surface area contributed by atoms with Crippen molar-refractivity contribution in [3.05, 3.63) is 101 Å². The van der Waals surface area contributed by atoms with Crippen LogP contribution in [0.5, 0.6) is 0 Å². The summed E-state index contributed by atoms with van der Waals surface area (Å²) < 4.78 is 0. The zero-order valence-corrected chi connectivity index (χ0v) is 18.0. The molecule has 4 nitrogen and oxygen atoms in total. The van der Waals surface area contributed by atoms with Crippen molar-refractivity contribution in [2.24, 2.45) is 0 Å². The average molecular weight is 414 g/mol. The summed E-state index contributed by atoms with van der Waals surface area (Å²) in [6.45, 7) is 4.46. The SMILES string of the molecule is CCCc1ccc(C(=O)C[C@]2(O)C(=O)N(Cc3ccccc3C)c3ccccc32)cc1. The Morgan fingerprint density at radius 1 is 0.968 bits per heavy atom. The van der Waals surface area contributed by atoms with E-state index in [0.29, 0.717) is 23.4 Å². The van der Waals surface area contributed by atoms with Gasteiger partial charge in [0.15, 0.2) is 11.4 Å². The number of Topliss-reactive ketones (excluding diaryl/α,β-unsaturated/α-hetero) is 1. The van der Waals surface area contributed by atoms with Gasteiger partial charge in [0.1, 0.15) is 0 Å². The zero-order valence-electron chi connectivity index (χ0n) is 18.0. The summed E-state index contributed by atoms with van der Waals surface area (Å²) in [5.74, 6) is -0.695. The van der Waals surface area contributed by atoms with Crippen molar-refractivity contribution in [1.82, 2.24) is 0 Å². The van der Waals surface area contributed by atoms with Gasteiger partial charge in [-0.1, -0.05) is 80.1 Å². The highest BCUT2D eigenvalue weighted by Crippen LogP contribution is 2.43. The predicted octanol–water partition coefficient (Wildman–Crippen LogP) is 4.95. The molecule has 0 aromatic heterocycles. The van der Waals surface area contributed by atoms with E-state index in [0.717, 1.165) is 24.0 Å². The second kappa shape index (κ2) is 8.48. The third kappa shape index (κ3) is 3.91. The number of hydrogen-bond acceptors (Lipinski definition) is 3. The molecule has 0 unspecified atom stereocenters. The molecule has 1 heterocycles. The minimum absolute atomic E-state index is 0.244. The van der Waals surface area contributed by atoms with Crippen molar-refractivity contribution in [1.29, 1.82) is 0 Å². The van der Waals surface area contributed by atoms with E-state index < -0.39 is 11.5 Å². The third-order valence-electron chi connectivity index (χ3n) is 6.06. The molecular weight excluding hydrogens is 386 g/mol. The van der Waals surface area contributed by atoms with E-state index in [1.54, 1.807) is 29.2 Å². The van der Waals surface area contributed by atoms with Crippen molar-refractivity contribution in [2.75, 3.05) is 4.90 Å². The average Bonchev–Trinajstić information content (AvgIpc) is 2.98. The van der Waals surface area contributed by atoms with Crippen molar-refractivity contribution in [3.63, 3.8) is 0 Å². The molecule has 0 spiro atoms. The molecule has 0 radical (unpaired) electrons. The maximum absolute atomic E-state index is 13.4. The molecule has 0 saturated carbocycles. The number of nitrogens with zero attached hydrogens (tertiary/aromatic N) is 1. The lowest BCUT2D eigenvalue weighted by molar-refractivity contribution is -0.136. The van der Waals surface area contributed by atoms with Gasteiger partial charge in [0.25, 0.3) is 5.91 Å². The van der Waals surface area contributed by atoms with Crippen molar-refractivity contribution >= 4 is 17.4 Å². The van der Waals surface area contributed by atoms with Gasteiger partial charge in [-0.2, -0.15) is 0 Å². The highest BCUT2D eigenvalue weighted by molar-refractivity contribution is 6.10. The number of ketones is 1. The van der Waals surface area contributed by atoms with Crippen LogP contribution in [0.2, 0.25) is 0 Å². The van der Waals surface area contributed by atoms with Gasteiger partial charge in [-0.25, -0.2) is 0 Å². The molecule has 0 saturated heterocycles. The topological polar surface area (TPSA) is 57.6 Å². The molecule has 0 bridgehead atoms. The van der Waals surface area contributed by atoms with Crippen LogP contribution in [0.15, 0.2) is 72.8 Å². The Kier molecular flexibility index (Phi) is 5.75. The van der Waals surface area contributed by atoms with Gasteiger partial charge in [0.05, 0.1) is 18.7 Å². The molecule has 3 aromatic carbocycles. The van der Waals surface area contributed by atoms with E-state index in [2.05, 4.69) is 6.92 Å². The summed E-state index contributed by atoms with van der Waals surface area (Å²) in [7, 11) is 0.